The largest absolute Gasteiger partial charge is 0.504 e. The number of fused-ring (bicyclic) bond motifs is 4. The summed E-state index contributed by atoms with van der Waals surface area (Å²) in [7, 11) is 1.54. The Morgan fingerprint density at radius 2 is 2.03 bits per heavy atom. The lowest BCUT2D eigenvalue weighted by molar-refractivity contribution is -0.0720. The number of hydrogen-bond acceptors (Lipinski definition) is 7. The summed E-state index contributed by atoms with van der Waals surface area (Å²) in [5.74, 6) is 1.88. The van der Waals surface area contributed by atoms with Gasteiger partial charge in [0.15, 0.2) is 29.2 Å². The number of hydrogen-bond donors (Lipinski definition) is 1. The fourth-order valence-electron chi connectivity index (χ4n) is 4.45. The Balaban J connectivity index is 1.60. The molecular formula is C22H21BrN2O5. The summed E-state index contributed by atoms with van der Waals surface area (Å²) in [5.41, 5.74) is 3.89. The molecular weight excluding hydrogens is 452 g/mol. The zero-order chi connectivity index (χ0) is 21.0. The standard InChI is InChI=1S/C22H21BrN2O5/c1-4-16-13-7-18(27-3)17(26)6-14(13)21-11(2)24-30-22(21)25(16)9-12-5-19-20(8-15(12)23)29-10-28-19/h4-8,16,21-22,26H,1,9-10H2,2-3H3/t16-,21-,22-/m1/s1. The molecule has 0 unspecified atom stereocenters. The van der Waals surface area contributed by atoms with Gasteiger partial charge in [-0.15, -0.1) is 6.58 Å². The predicted molar refractivity (Wildman–Crippen MR) is 114 cm³/mol. The molecule has 3 atom stereocenters. The molecule has 0 spiro atoms. The molecule has 2 aromatic carbocycles. The minimum Gasteiger partial charge on any atom is -0.504 e. The lowest BCUT2D eigenvalue weighted by atomic mass is 9.81. The molecule has 30 heavy (non-hydrogen) atoms. The average molecular weight is 473 g/mol. The minimum atomic E-state index is -0.314. The summed E-state index contributed by atoms with van der Waals surface area (Å²) < 4.78 is 17.3. The molecule has 3 heterocycles. The Hall–Kier alpha value is -2.71. The minimum absolute atomic E-state index is 0.0965. The monoisotopic (exact) mass is 472 g/mol. The third kappa shape index (κ3) is 2.86. The van der Waals surface area contributed by atoms with Crippen molar-refractivity contribution in [3.63, 3.8) is 0 Å². The highest BCUT2D eigenvalue weighted by atomic mass is 79.9. The molecule has 8 heteroatoms. The third-order valence-corrected chi connectivity index (χ3v) is 6.62. The molecule has 0 aliphatic carbocycles. The summed E-state index contributed by atoms with van der Waals surface area (Å²) in [5, 5.41) is 14.6. The van der Waals surface area contributed by atoms with Crippen LogP contribution in [0.2, 0.25) is 0 Å². The first-order chi connectivity index (χ1) is 14.5. The van der Waals surface area contributed by atoms with Crippen molar-refractivity contribution in [3.8, 4) is 23.0 Å². The van der Waals surface area contributed by atoms with Crippen LogP contribution >= 0.6 is 15.9 Å². The van der Waals surface area contributed by atoms with Gasteiger partial charge in [-0.1, -0.05) is 27.2 Å². The first-order valence-electron chi connectivity index (χ1n) is 9.59. The molecule has 0 saturated carbocycles. The van der Waals surface area contributed by atoms with E-state index in [9.17, 15) is 5.11 Å². The Morgan fingerprint density at radius 3 is 2.77 bits per heavy atom. The summed E-state index contributed by atoms with van der Waals surface area (Å²) in [6, 6.07) is 7.38. The van der Waals surface area contributed by atoms with Crippen LogP contribution in [0.1, 0.15) is 35.6 Å². The van der Waals surface area contributed by atoms with E-state index >= 15 is 0 Å². The second kappa shape index (κ2) is 7.21. The van der Waals surface area contributed by atoms with Crippen LogP contribution in [0.25, 0.3) is 0 Å². The van der Waals surface area contributed by atoms with Gasteiger partial charge in [-0.2, -0.15) is 0 Å². The second-order valence-electron chi connectivity index (χ2n) is 7.51. The van der Waals surface area contributed by atoms with Crippen molar-refractivity contribution in [3.05, 3.63) is 58.1 Å². The van der Waals surface area contributed by atoms with Crippen molar-refractivity contribution >= 4 is 21.6 Å². The van der Waals surface area contributed by atoms with E-state index in [1.807, 2.05) is 31.2 Å². The van der Waals surface area contributed by atoms with Gasteiger partial charge >= 0.3 is 0 Å². The number of oxime groups is 1. The van der Waals surface area contributed by atoms with Crippen LogP contribution in [-0.4, -0.2) is 35.8 Å². The first-order valence-corrected chi connectivity index (χ1v) is 10.4. The molecule has 0 radical (unpaired) electrons. The summed E-state index contributed by atoms with van der Waals surface area (Å²) >= 11 is 3.66. The summed E-state index contributed by atoms with van der Waals surface area (Å²) in [4.78, 5) is 8.06. The van der Waals surface area contributed by atoms with Crippen molar-refractivity contribution in [1.29, 1.82) is 0 Å². The molecule has 7 nitrogen and oxygen atoms in total. The summed E-state index contributed by atoms with van der Waals surface area (Å²) in [6.45, 7) is 6.81. The Bertz CT molecular complexity index is 1070. The molecule has 5 rings (SSSR count). The molecule has 0 fully saturated rings. The van der Waals surface area contributed by atoms with Crippen LogP contribution in [0.5, 0.6) is 23.0 Å². The van der Waals surface area contributed by atoms with Gasteiger partial charge in [0.1, 0.15) is 0 Å². The Morgan fingerprint density at radius 1 is 1.27 bits per heavy atom. The number of ether oxygens (including phenoxy) is 3. The van der Waals surface area contributed by atoms with E-state index in [4.69, 9.17) is 19.0 Å². The maximum Gasteiger partial charge on any atom is 0.231 e. The van der Waals surface area contributed by atoms with Crippen molar-refractivity contribution in [1.82, 2.24) is 4.90 Å². The molecule has 156 valence electrons. The molecule has 2 aromatic rings. The van der Waals surface area contributed by atoms with E-state index < -0.39 is 0 Å². The molecule has 0 aromatic heterocycles. The van der Waals surface area contributed by atoms with Crippen LogP contribution in [0.15, 0.2) is 46.5 Å². The smallest absolute Gasteiger partial charge is 0.231 e. The highest BCUT2D eigenvalue weighted by Gasteiger charge is 2.46. The van der Waals surface area contributed by atoms with Gasteiger partial charge in [-0.25, -0.2) is 0 Å². The van der Waals surface area contributed by atoms with Crippen LogP contribution in [0.3, 0.4) is 0 Å². The van der Waals surface area contributed by atoms with Gasteiger partial charge in [-0.3, -0.25) is 4.90 Å². The quantitative estimate of drug-likeness (QED) is 0.662. The Labute approximate surface area is 182 Å². The SMILES string of the molecule is C=C[C@@H]1c2cc(OC)c(O)cc2[C@H]2C(C)=NO[C@H]2N1Cc1cc2c(cc1Br)OCO2. The van der Waals surface area contributed by atoms with Crippen molar-refractivity contribution in [2.45, 2.75) is 31.7 Å². The van der Waals surface area contributed by atoms with Crippen molar-refractivity contribution in [2.24, 2.45) is 5.16 Å². The van der Waals surface area contributed by atoms with Crippen molar-refractivity contribution in [2.75, 3.05) is 13.9 Å². The molecule has 0 bridgehead atoms. The van der Waals surface area contributed by atoms with Gasteiger partial charge in [0.2, 0.25) is 6.79 Å². The molecule has 3 aliphatic rings. The van der Waals surface area contributed by atoms with Crippen LogP contribution in [0.4, 0.5) is 0 Å². The Kier molecular flexibility index (Phi) is 4.63. The number of aromatic hydroxyl groups is 1. The van der Waals surface area contributed by atoms with Gasteiger partial charge in [0.05, 0.1) is 24.8 Å². The third-order valence-electron chi connectivity index (χ3n) is 5.88. The summed E-state index contributed by atoms with van der Waals surface area (Å²) in [6.07, 6.45) is 1.56. The van der Waals surface area contributed by atoms with Gasteiger partial charge < -0.3 is 24.2 Å². The van der Waals surface area contributed by atoms with Crippen molar-refractivity contribution < 1.29 is 24.2 Å². The lowest BCUT2D eigenvalue weighted by Gasteiger charge is -2.42. The van der Waals surface area contributed by atoms with Crippen LogP contribution < -0.4 is 14.2 Å². The average Bonchev–Trinajstić information content (AvgIpc) is 3.34. The molecule has 0 saturated heterocycles. The fraction of sp³-hybridized carbons (Fsp3) is 0.318. The number of nitrogens with zero attached hydrogens (tertiary/aromatic N) is 2. The van der Waals surface area contributed by atoms with Gasteiger partial charge in [0.25, 0.3) is 0 Å². The number of halogens is 1. The number of rotatable bonds is 4. The van der Waals surface area contributed by atoms with E-state index in [2.05, 4.69) is 32.6 Å². The van der Waals surface area contributed by atoms with E-state index in [1.165, 1.54) is 0 Å². The van der Waals surface area contributed by atoms with E-state index in [1.54, 1.807) is 13.2 Å². The molecule has 3 aliphatic heterocycles. The van der Waals surface area contributed by atoms with Crippen LogP contribution in [0, 0.1) is 0 Å². The fourth-order valence-corrected chi connectivity index (χ4v) is 4.89. The maximum atomic E-state index is 10.4. The van der Waals surface area contributed by atoms with E-state index in [0.717, 1.165) is 38.4 Å². The van der Waals surface area contributed by atoms with Gasteiger partial charge in [0, 0.05) is 11.0 Å². The normalized spacial score (nSPS) is 24.0. The van der Waals surface area contributed by atoms with Crippen LogP contribution in [-0.2, 0) is 11.4 Å². The highest BCUT2D eigenvalue weighted by molar-refractivity contribution is 9.10. The van der Waals surface area contributed by atoms with Gasteiger partial charge in [-0.05, 0) is 47.9 Å². The second-order valence-corrected chi connectivity index (χ2v) is 8.36. The maximum absolute atomic E-state index is 10.4. The predicted octanol–water partition coefficient (Wildman–Crippen LogP) is 4.45. The number of benzene rings is 2. The number of phenols is 1. The lowest BCUT2D eigenvalue weighted by Crippen LogP contribution is -2.45. The zero-order valence-corrected chi connectivity index (χ0v) is 18.2. The molecule has 1 N–H and O–H groups in total. The van der Waals surface area contributed by atoms with E-state index in [0.29, 0.717) is 12.3 Å². The number of phenolic OH excluding ortho intramolecular Hbond substituents is 1. The highest BCUT2D eigenvalue weighted by Crippen LogP contribution is 2.49. The zero-order valence-electron chi connectivity index (χ0n) is 16.6. The number of methoxy groups -OCH3 is 1. The topological polar surface area (TPSA) is 72.8 Å². The van der Waals surface area contributed by atoms with E-state index in [-0.39, 0.29) is 30.7 Å². The molecule has 0 amide bonds. The first kappa shape index (κ1) is 19.3.